The first-order valence-electron chi connectivity index (χ1n) is 7.79. The van der Waals surface area contributed by atoms with Gasteiger partial charge in [0.15, 0.2) is 0 Å². The zero-order valence-electron chi connectivity index (χ0n) is 13.6. The van der Waals surface area contributed by atoms with Gasteiger partial charge in [0.1, 0.15) is 8.07 Å². The number of fused-ring (bicyclic) bond motifs is 2. The van der Waals surface area contributed by atoms with Gasteiger partial charge in [-0.15, -0.1) is 0 Å². The topological polar surface area (TPSA) is 92.3 Å². The van der Waals surface area contributed by atoms with Gasteiger partial charge in [0.25, 0.3) is 23.6 Å². The van der Waals surface area contributed by atoms with Gasteiger partial charge in [0.05, 0.1) is 22.3 Å². The second kappa shape index (κ2) is 4.97. The fourth-order valence-electron chi connectivity index (χ4n) is 3.28. The molecule has 0 radical (unpaired) electrons. The summed E-state index contributed by atoms with van der Waals surface area (Å²) in [6, 6.07) is 10.6. The number of carbonyl (C=O) groups is 4. The molecule has 0 aromatic heterocycles. The van der Waals surface area contributed by atoms with Gasteiger partial charge in [-0.3, -0.25) is 29.8 Å². The SMILES string of the molecule is C[Si](C)(c1ccc2c(c1)C(=O)NC2=O)c1ccc2c(c1)C(=O)NC2=O. The van der Waals surface area contributed by atoms with Crippen molar-refractivity contribution in [3.63, 3.8) is 0 Å². The van der Waals surface area contributed by atoms with Gasteiger partial charge in [-0.2, -0.15) is 0 Å². The maximum absolute atomic E-state index is 11.9. The van der Waals surface area contributed by atoms with Crippen molar-refractivity contribution in [2.24, 2.45) is 0 Å². The van der Waals surface area contributed by atoms with Crippen LogP contribution in [0.15, 0.2) is 36.4 Å². The van der Waals surface area contributed by atoms with Crippen molar-refractivity contribution in [3.8, 4) is 0 Å². The number of imide groups is 2. The minimum atomic E-state index is -2.23. The molecule has 6 nitrogen and oxygen atoms in total. The molecule has 0 spiro atoms. The third kappa shape index (κ3) is 2.16. The highest BCUT2D eigenvalue weighted by atomic mass is 28.3. The lowest BCUT2D eigenvalue weighted by Crippen LogP contribution is -2.53. The number of amides is 4. The first-order chi connectivity index (χ1) is 11.8. The molecule has 4 rings (SSSR count). The quantitative estimate of drug-likeness (QED) is 0.601. The van der Waals surface area contributed by atoms with E-state index in [9.17, 15) is 19.2 Å². The Labute approximate surface area is 144 Å². The maximum Gasteiger partial charge on any atom is 0.258 e. The van der Waals surface area contributed by atoms with E-state index in [-0.39, 0.29) is 23.6 Å². The van der Waals surface area contributed by atoms with E-state index in [1.54, 1.807) is 24.3 Å². The molecule has 0 unspecified atom stereocenters. The molecule has 0 atom stereocenters. The van der Waals surface area contributed by atoms with E-state index in [0.29, 0.717) is 22.3 Å². The number of hydrogen-bond acceptors (Lipinski definition) is 4. The van der Waals surface area contributed by atoms with Gasteiger partial charge in [-0.1, -0.05) is 35.6 Å². The summed E-state index contributed by atoms with van der Waals surface area (Å²) in [6.45, 7) is 4.19. The number of carbonyl (C=O) groups excluding carboxylic acids is 4. The monoisotopic (exact) mass is 350 g/mol. The summed E-state index contributed by atoms with van der Waals surface area (Å²) in [5.41, 5.74) is 1.55. The average molecular weight is 350 g/mol. The van der Waals surface area contributed by atoms with E-state index < -0.39 is 8.07 Å². The predicted octanol–water partition coefficient (Wildman–Crippen LogP) is 0.276. The lowest BCUT2D eigenvalue weighted by atomic mass is 10.1. The fraction of sp³-hybridized carbons (Fsp3) is 0.111. The second-order valence-corrected chi connectivity index (χ2v) is 11.1. The van der Waals surface area contributed by atoms with Crippen LogP contribution in [-0.4, -0.2) is 31.7 Å². The molecule has 0 aliphatic carbocycles. The summed E-state index contributed by atoms with van der Waals surface area (Å²) in [5.74, 6) is -1.52. The molecule has 0 bridgehead atoms. The zero-order chi connectivity index (χ0) is 17.9. The van der Waals surface area contributed by atoms with Crippen molar-refractivity contribution < 1.29 is 19.2 Å². The highest BCUT2D eigenvalue weighted by molar-refractivity contribution is 7.00. The number of nitrogens with one attached hydrogen (secondary N) is 2. The van der Waals surface area contributed by atoms with E-state index in [1.165, 1.54) is 0 Å². The Kier molecular flexibility index (Phi) is 3.07. The van der Waals surface area contributed by atoms with Crippen LogP contribution >= 0.6 is 0 Å². The van der Waals surface area contributed by atoms with Crippen molar-refractivity contribution in [3.05, 3.63) is 58.7 Å². The molecule has 2 aliphatic rings. The van der Waals surface area contributed by atoms with Crippen molar-refractivity contribution in [2.75, 3.05) is 0 Å². The van der Waals surface area contributed by atoms with Crippen LogP contribution in [0.5, 0.6) is 0 Å². The minimum absolute atomic E-state index is 0.376. The summed E-state index contributed by atoms with van der Waals surface area (Å²) in [4.78, 5) is 47.2. The Morgan fingerprint density at radius 1 is 0.600 bits per heavy atom. The lowest BCUT2D eigenvalue weighted by Gasteiger charge is -2.24. The van der Waals surface area contributed by atoms with Crippen LogP contribution in [0.4, 0.5) is 0 Å². The molecule has 0 saturated carbocycles. The molecule has 2 heterocycles. The first-order valence-corrected chi connectivity index (χ1v) is 10.8. The van der Waals surface area contributed by atoms with Crippen LogP contribution < -0.4 is 21.0 Å². The second-order valence-electron chi connectivity index (χ2n) is 6.71. The normalized spacial score (nSPS) is 15.8. The van der Waals surface area contributed by atoms with Crippen molar-refractivity contribution in [2.45, 2.75) is 13.1 Å². The Bertz CT molecular complexity index is 931. The predicted molar refractivity (Wildman–Crippen MR) is 93.2 cm³/mol. The third-order valence-corrected chi connectivity index (χ3v) is 8.42. The van der Waals surface area contributed by atoms with E-state index in [0.717, 1.165) is 10.4 Å². The van der Waals surface area contributed by atoms with Gasteiger partial charge in [-0.05, 0) is 24.3 Å². The molecule has 2 aromatic rings. The van der Waals surface area contributed by atoms with E-state index >= 15 is 0 Å². The van der Waals surface area contributed by atoms with Crippen molar-refractivity contribution in [1.82, 2.24) is 10.6 Å². The highest BCUT2D eigenvalue weighted by Crippen LogP contribution is 2.18. The molecular weight excluding hydrogens is 336 g/mol. The molecule has 2 aromatic carbocycles. The van der Waals surface area contributed by atoms with Crippen LogP contribution in [0, 0.1) is 0 Å². The Balaban J connectivity index is 1.81. The zero-order valence-corrected chi connectivity index (χ0v) is 14.6. The summed E-state index contributed by atoms with van der Waals surface area (Å²) in [7, 11) is -2.23. The molecule has 2 N–H and O–H groups in total. The molecule has 0 saturated heterocycles. The van der Waals surface area contributed by atoms with Crippen molar-refractivity contribution >= 4 is 42.1 Å². The highest BCUT2D eigenvalue weighted by Gasteiger charge is 2.34. The number of rotatable bonds is 2. The molecular formula is C18H14N2O4Si. The van der Waals surface area contributed by atoms with E-state index in [2.05, 4.69) is 23.7 Å². The Morgan fingerprint density at radius 2 is 0.960 bits per heavy atom. The summed E-state index contributed by atoms with van der Waals surface area (Å²) < 4.78 is 0. The molecule has 4 amide bonds. The van der Waals surface area contributed by atoms with Gasteiger partial charge in [0, 0.05) is 0 Å². The third-order valence-electron chi connectivity index (χ3n) is 4.92. The first kappa shape index (κ1) is 15.5. The van der Waals surface area contributed by atoms with Gasteiger partial charge in [-0.25, -0.2) is 0 Å². The van der Waals surface area contributed by atoms with Crippen molar-refractivity contribution in [1.29, 1.82) is 0 Å². The fourth-order valence-corrected chi connectivity index (χ4v) is 5.62. The lowest BCUT2D eigenvalue weighted by molar-refractivity contribution is 0.0863. The molecule has 0 fully saturated rings. The molecule has 25 heavy (non-hydrogen) atoms. The minimum Gasteiger partial charge on any atom is -0.288 e. The molecule has 2 aliphatic heterocycles. The number of hydrogen-bond donors (Lipinski definition) is 2. The molecule has 124 valence electrons. The van der Waals surface area contributed by atoms with Crippen LogP contribution in [0.2, 0.25) is 13.1 Å². The standard InChI is InChI=1S/C18H14N2O4Si/c1-25(2,9-3-5-11-13(7-9)17(23)19-15(11)21)10-4-6-12-14(8-10)18(24)20-16(12)22/h3-8H,1-2H3,(H,19,21,23)(H,20,22,24). The van der Waals surface area contributed by atoms with Crippen LogP contribution in [0.3, 0.4) is 0 Å². The van der Waals surface area contributed by atoms with Crippen LogP contribution in [0.25, 0.3) is 0 Å². The summed E-state index contributed by atoms with van der Waals surface area (Å²) in [6.07, 6.45) is 0. The summed E-state index contributed by atoms with van der Waals surface area (Å²) in [5, 5.41) is 6.53. The van der Waals surface area contributed by atoms with Crippen LogP contribution in [-0.2, 0) is 0 Å². The Morgan fingerprint density at radius 3 is 1.36 bits per heavy atom. The average Bonchev–Trinajstić information content (AvgIpc) is 3.03. The largest absolute Gasteiger partial charge is 0.288 e. The smallest absolute Gasteiger partial charge is 0.258 e. The number of benzene rings is 2. The maximum atomic E-state index is 11.9. The van der Waals surface area contributed by atoms with E-state index in [4.69, 9.17) is 0 Å². The van der Waals surface area contributed by atoms with Gasteiger partial charge >= 0.3 is 0 Å². The molecule has 7 heteroatoms. The summed E-state index contributed by atoms with van der Waals surface area (Å²) >= 11 is 0. The van der Waals surface area contributed by atoms with Gasteiger partial charge < -0.3 is 0 Å². The van der Waals surface area contributed by atoms with Gasteiger partial charge in [0.2, 0.25) is 0 Å². The van der Waals surface area contributed by atoms with Crippen LogP contribution in [0.1, 0.15) is 41.4 Å². The van der Waals surface area contributed by atoms with E-state index in [1.807, 2.05) is 12.1 Å². The Hall–Kier alpha value is -3.06.